The molecule has 1 aromatic heterocycles. The average molecular weight is 223 g/mol. The first-order valence-corrected chi connectivity index (χ1v) is 5.64. The standard InChI is InChI=1S/C11H17N3O2/c15-5-4-14(10-2-1-3-10)11-12-6-9(8-16)7-13-11/h6-7,10,15-16H,1-5,8H2. The molecule has 0 atom stereocenters. The van der Waals surface area contributed by atoms with Crippen molar-refractivity contribution in [3.63, 3.8) is 0 Å². The van der Waals surface area contributed by atoms with E-state index in [1.54, 1.807) is 12.4 Å². The highest BCUT2D eigenvalue weighted by atomic mass is 16.3. The fourth-order valence-corrected chi connectivity index (χ4v) is 1.83. The molecule has 0 aromatic carbocycles. The predicted molar refractivity (Wildman–Crippen MR) is 60.0 cm³/mol. The zero-order valence-electron chi connectivity index (χ0n) is 9.21. The van der Waals surface area contributed by atoms with E-state index in [1.165, 1.54) is 6.42 Å². The van der Waals surface area contributed by atoms with Crippen LogP contribution in [-0.4, -0.2) is 39.4 Å². The van der Waals surface area contributed by atoms with Crippen molar-refractivity contribution in [2.24, 2.45) is 0 Å². The lowest BCUT2D eigenvalue weighted by Gasteiger charge is -2.37. The molecule has 0 aliphatic heterocycles. The van der Waals surface area contributed by atoms with Crippen molar-refractivity contribution >= 4 is 5.95 Å². The third kappa shape index (κ3) is 2.31. The van der Waals surface area contributed by atoms with Crippen molar-refractivity contribution in [2.45, 2.75) is 31.9 Å². The molecule has 1 fully saturated rings. The van der Waals surface area contributed by atoms with Gasteiger partial charge in [0.25, 0.3) is 0 Å². The zero-order chi connectivity index (χ0) is 11.4. The molecule has 0 radical (unpaired) electrons. The lowest BCUT2D eigenvalue weighted by atomic mass is 9.92. The molecule has 0 spiro atoms. The maximum Gasteiger partial charge on any atom is 0.225 e. The molecule has 5 nitrogen and oxygen atoms in total. The van der Waals surface area contributed by atoms with Crippen molar-refractivity contribution in [1.82, 2.24) is 9.97 Å². The van der Waals surface area contributed by atoms with Crippen molar-refractivity contribution in [3.05, 3.63) is 18.0 Å². The van der Waals surface area contributed by atoms with E-state index in [0.29, 0.717) is 24.1 Å². The first-order valence-electron chi connectivity index (χ1n) is 5.64. The van der Waals surface area contributed by atoms with Crippen LogP contribution in [0, 0.1) is 0 Å². The Bertz CT molecular complexity index is 325. The Kier molecular flexibility index (Phi) is 3.69. The van der Waals surface area contributed by atoms with Gasteiger partial charge in [-0.15, -0.1) is 0 Å². The summed E-state index contributed by atoms with van der Waals surface area (Å²) in [6.07, 6.45) is 6.79. The molecule has 1 aromatic rings. The molecule has 2 N–H and O–H groups in total. The topological polar surface area (TPSA) is 69.5 Å². The van der Waals surface area contributed by atoms with E-state index in [2.05, 4.69) is 9.97 Å². The summed E-state index contributed by atoms with van der Waals surface area (Å²) in [5.41, 5.74) is 0.710. The van der Waals surface area contributed by atoms with Crippen molar-refractivity contribution in [2.75, 3.05) is 18.1 Å². The number of aliphatic hydroxyl groups is 2. The van der Waals surface area contributed by atoms with E-state index in [4.69, 9.17) is 10.2 Å². The molecule has 0 saturated heterocycles. The highest BCUT2D eigenvalue weighted by Crippen LogP contribution is 2.27. The monoisotopic (exact) mass is 223 g/mol. The van der Waals surface area contributed by atoms with Gasteiger partial charge >= 0.3 is 0 Å². The first-order chi connectivity index (χ1) is 7.85. The Balaban J connectivity index is 2.10. The Morgan fingerprint density at radius 3 is 2.38 bits per heavy atom. The fraction of sp³-hybridized carbons (Fsp3) is 0.636. The van der Waals surface area contributed by atoms with Gasteiger partial charge in [0.05, 0.1) is 13.2 Å². The Labute approximate surface area is 94.8 Å². The van der Waals surface area contributed by atoms with Crippen molar-refractivity contribution < 1.29 is 10.2 Å². The molecule has 0 bridgehead atoms. The minimum absolute atomic E-state index is 0.0380. The number of anilines is 1. The van der Waals surface area contributed by atoms with E-state index in [-0.39, 0.29) is 13.2 Å². The third-order valence-corrected chi connectivity index (χ3v) is 2.99. The number of hydrogen-bond donors (Lipinski definition) is 2. The lowest BCUT2D eigenvalue weighted by molar-refractivity contribution is 0.278. The molecular weight excluding hydrogens is 206 g/mol. The molecule has 0 unspecified atom stereocenters. The molecule has 1 heterocycles. The first kappa shape index (κ1) is 11.3. The molecule has 1 aliphatic carbocycles. The quantitative estimate of drug-likeness (QED) is 0.752. The number of aliphatic hydroxyl groups excluding tert-OH is 2. The van der Waals surface area contributed by atoms with Gasteiger partial charge in [-0.1, -0.05) is 0 Å². The minimum atomic E-state index is -0.0380. The Morgan fingerprint density at radius 1 is 1.25 bits per heavy atom. The fourth-order valence-electron chi connectivity index (χ4n) is 1.83. The number of nitrogens with zero attached hydrogens (tertiary/aromatic N) is 3. The molecule has 2 rings (SSSR count). The summed E-state index contributed by atoms with van der Waals surface area (Å²) in [6, 6.07) is 0.465. The number of aromatic nitrogens is 2. The van der Waals surface area contributed by atoms with Gasteiger partial charge in [-0.25, -0.2) is 9.97 Å². The van der Waals surface area contributed by atoms with Crippen LogP contribution in [0.2, 0.25) is 0 Å². The normalized spacial score (nSPS) is 15.9. The highest BCUT2D eigenvalue weighted by molar-refractivity contribution is 5.32. The van der Waals surface area contributed by atoms with Crippen molar-refractivity contribution in [1.29, 1.82) is 0 Å². The second-order valence-electron chi connectivity index (χ2n) is 4.05. The van der Waals surface area contributed by atoms with Crippen LogP contribution >= 0.6 is 0 Å². The zero-order valence-corrected chi connectivity index (χ0v) is 9.21. The van der Waals surface area contributed by atoms with Gasteiger partial charge in [-0.05, 0) is 19.3 Å². The molecule has 1 saturated carbocycles. The largest absolute Gasteiger partial charge is 0.395 e. The molecule has 5 heteroatoms. The molecular formula is C11H17N3O2. The van der Waals surface area contributed by atoms with E-state index >= 15 is 0 Å². The highest BCUT2D eigenvalue weighted by Gasteiger charge is 2.26. The molecule has 0 amide bonds. The van der Waals surface area contributed by atoms with E-state index in [9.17, 15) is 0 Å². The Morgan fingerprint density at radius 2 is 1.94 bits per heavy atom. The summed E-state index contributed by atoms with van der Waals surface area (Å²) < 4.78 is 0. The average Bonchev–Trinajstić information content (AvgIpc) is 2.26. The second-order valence-corrected chi connectivity index (χ2v) is 4.05. The smallest absolute Gasteiger partial charge is 0.225 e. The van der Waals surface area contributed by atoms with Gasteiger partial charge in [0.1, 0.15) is 0 Å². The van der Waals surface area contributed by atoms with Crippen LogP contribution < -0.4 is 4.90 Å². The summed E-state index contributed by atoms with van der Waals surface area (Å²) in [6.45, 7) is 0.647. The molecule has 16 heavy (non-hydrogen) atoms. The van der Waals surface area contributed by atoms with E-state index in [0.717, 1.165) is 12.8 Å². The summed E-state index contributed by atoms with van der Waals surface area (Å²) >= 11 is 0. The van der Waals surface area contributed by atoms with E-state index in [1.807, 2.05) is 4.90 Å². The van der Waals surface area contributed by atoms with Gasteiger partial charge in [-0.2, -0.15) is 0 Å². The third-order valence-electron chi connectivity index (χ3n) is 2.99. The Hall–Kier alpha value is -1.20. The van der Waals surface area contributed by atoms with Crippen LogP contribution in [0.4, 0.5) is 5.95 Å². The van der Waals surface area contributed by atoms with Crippen LogP contribution in [0.5, 0.6) is 0 Å². The molecule has 88 valence electrons. The minimum Gasteiger partial charge on any atom is -0.395 e. The predicted octanol–water partition coefficient (Wildman–Crippen LogP) is 0.320. The summed E-state index contributed by atoms with van der Waals surface area (Å²) in [7, 11) is 0. The SMILES string of the molecule is OCCN(c1ncc(CO)cn1)C1CCC1. The van der Waals surface area contributed by atoms with Gasteiger partial charge < -0.3 is 15.1 Å². The maximum atomic E-state index is 9.03. The summed E-state index contributed by atoms with van der Waals surface area (Å²) in [5, 5.41) is 17.9. The number of hydrogen-bond acceptors (Lipinski definition) is 5. The van der Waals surface area contributed by atoms with Crippen LogP contribution in [0.25, 0.3) is 0 Å². The van der Waals surface area contributed by atoms with Crippen molar-refractivity contribution in [3.8, 4) is 0 Å². The summed E-state index contributed by atoms with van der Waals surface area (Å²) in [5.74, 6) is 0.649. The summed E-state index contributed by atoms with van der Waals surface area (Å²) in [4.78, 5) is 10.5. The lowest BCUT2D eigenvalue weighted by Crippen LogP contribution is -2.42. The van der Waals surface area contributed by atoms with E-state index < -0.39 is 0 Å². The van der Waals surface area contributed by atoms with Gasteiger partial charge in [0.15, 0.2) is 0 Å². The maximum absolute atomic E-state index is 9.03. The van der Waals surface area contributed by atoms with Crippen LogP contribution in [0.15, 0.2) is 12.4 Å². The van der Waals surface area contributed by atoms with Gasteiger partial charge in [0.2, 0.25) is 5.95 Å². The van der Waals surface area contributed by atoms with Gasteiger partial charge in [-0.3, -0.25) is 0 Å². The molecule has 1 aliphatic rings. The van der Waals surface area contributed by atoms with Crippen LogP contribution in [-0.2, 0) is 6.61 Å². The van der Waals surface area contributed by atoms with Crippen LogP contribution in [0.1, 0.15) is 24.8 Å². The van der Waals surface area contributed by atoms with Gasteiger partial charge in [0, 0.05) is 30.5 Å². The van der Waals surface area contributed by atoms with Crippen LogP contribution in [0.3, 0.4) is 0 Å². The number of rotatable bonds is 5. The second kappa shape index (κ2) is 5.23.